The normalized spacial score (nSPS) is 9.53. The van der Waals surface area contributed by atoms with Crippen molar-refractivity contribution in [1.29, 1.82) is 0 Å². The van der Waals surface area contributed by atoms with Gasteiger partial charge in [0, 0.05) is 6.92 Å². The van der Waals surface area contributed by atoms with Gasteiger partial charge in [-0.2, -0.15) is 0 Å². The monoisotopic (exact) mass is 237 g/mol. The van der Waals surface area contributed by atoms with Crippen LogP contribution in [0.1, 0.15) is 13.3 Å². The summed E-state index contributed by atoms with van der Waals surface area (Å²) in [5.41, 5.74) is 0.588. The maximum absolute atomic E-state index is 11.0. The van der Waals surface area contributed by atoms with Crippen LogP contribution in [0.5, 0.6) is 5.75 Å². The Morgan fingerprint density at radius 2 is 2.00 bits per heavy atom. The Hall–Kier alpha value is -2.04. The van der Waals surface area contributed by atoms with Crippen LogP contribution in [0.25, 0.3) is 0 Å². The summed E-state index contributed by atoms with van der Waals surface area (Å²) >= 11 is 0. The quantitative estimate of drug-likeness (QED) is 0.790. The number of anilines is 1. The Labute approximate surface area is 99.7 Å². The van der Waals surface area contributed by atoms with E-state index in [-0.39, 0.29) is 24.9 Å². The number of benzene rings is 1. The van der Waals surface area contributed by atoms with E-state index >= 15 is 0 Å². The number of para-hydroxylation sites is 2. The Morgan fingerprint density at radius 3 is 2.65 bits per heavy atom. The molecule has 0 unspecified atom stereocenters. The van der Waals surface area contributed by atoms with Crippen LogP contribution >= 0.6 is 0 Å². The fourth-order valence-electron chi connectivity index (χ4n) is 1.23. The van der Waals surface area contributed by atoms with Crippen LogP contribution in [0, 0.1) is 0 Å². The molecule has 0 fully saturated rings. The van der Waals surface area contributed by atoms with Crippen molar-refractivity contribution in [3.05, 3.63) is 24.3 Å². The SMILES string of the molecule is COC(=O)CCOc1ccccc1NC(C)=O. The van der Waals surface area contributed by atoms with Crippen LogP contribution in [-0.4, -0.2) is 25.6 Å². The van der Waals surface area contributed by atoms with Gasteiger partial charge in [-0.05, 0) is 12.1 Å². The number of amides is 1. The highest BCUT2D eigenvalue weighted by atomic mass is 16.5. The molecule has 0 aromatic heterocycles. The Balaban J connectivity index is 2.57. The third-order valence-electron chi connectivity index (χ3n) is 1.99. The summed E-state index contributed by atoms with van der Waals surface area (Å²) in [6.45, 7) is 1.63. The first-order chi connectivity index (χ1) is 8.13. The zero-order valence-corrected chi connectivity index (χ0v) is 9.86. The van der Waals surface area contributed by atoms with E-state index in [0.717, 1.165) is 0 Å². The number of methoxy groups -OCH3 is 1. The van der Waals surface area contributed by atoms with Gasteiger partial charge in [0.1, 0.15) is 5.75 Å². The summed E-state index contributed by atoms with van der Waals surface area (Å²) in [5, 5.41) is 2.65. The lowest BCUT2D eigenvalue weighted by atomic mass is 10.3. The molecule has 0 spiro atoms. The number of carbonyl (C=O) groups is 2. The molecular weight excluding hydrogens is 222 g/mol. The number of carbonyl (C=O) groups excluding carboxylic acids is 2. The van der Waals surface area contributed by atoms with Crippen molar-refractivity contribution in [3.63, 3.8) is 0 Å². The highest BCUT2D eigenvalue weighted by Gasteiger charge is 2.05. The minimum atomic E-state index is -0.331. The summed E-state index contributed by atoms with van der Waals surface area (Å²) in [6.07, 6.45) is 0.172. The molecule has 0 aliphatic heterocycles. The van der Waals surface area contributed by atoms with E-state index in [1.807, 2.05) is 0 Å². The molecule has 0 saturated carbocycles. The number of hydrogen-bond acceptors (Lipinski definition) is 4. The molecule has 5 nitrogen and oxygen atoms in total. The number of esters is 1. The zero-order valence-electron chi connectivity index (χ0n) is 9.86. The van der Waals surface area contributed by atoms with Gasteiger partial charge >= 0.3 is 5.97 Å². The van der Waals surface area contributed by atoms with Gasteiger partial charge in [0.05, 0.1) is 25.8 Å². The number of ether oxygens (including phenoxy) is 2. The van der Waals surface area contributed by atoms with Gasteiger partial charge in [0.25, 0.3) is 0 Å². The van der Waals surface area contributed by atoms with Crippen LogP contribution in [0.4, 0.5) is 5.69 Å². The highest BCUT2D eigenvalue weighted by molar-refractivity contribution is 5.90. The molecule has 5 heteroatoms. The second kappa shape index (κ2) is 6.52. The first-order valence-corrected chi connectivity index (χ1v) is 5.19. The third kappa shape index (κ3) is 4.55. The minimum absolute atomic E-state index is 0.172. The standard InChI is InChI=1S/C12H15NO4/c1-9(14)13-10-5-3-4-6-11(10)17-8-7-12(15)16-2/h3-6H,7-8H2,1-2H3,(H,13,14). The Morgan fingerprint density at radius 1 is 1.29 bits per heavy atom. The first kappa shape index (κ1) is 13.0. The van der Waals surface area contributed by atoms with E-state index in [9.17, 15) is 9.59 Å². The number of hydrogen-bond donors (Lipinski definition) is 1. The van der Waals surface area contributed by atoms with E-state index in [1.54, 1.807) is 24.3 Å². The molecule has 0 radical (unpaired) electrons. The van der Waals surface area contributed by atoms with Gasteiger partial charge < -0.3 is 14.8 Å². The van der Waals surface area contributed by atoms with Crippen molar-refractivity contribution < 1.29 is 19.1 Å². The second-order valence-corrected chi connectivity index (χ2v) is 3.35. The predicted molar refractivity (Wildman–Crippen MR) is 62.9 cm³/mol. The fourth-order valence-corrected chi connectivity index (χ4v) is 1.23. The molecule has 0 aliphatic carbocycles. The van der Waals surface area contributed by atoms with Gasteiger partial charge in [-0.15, -0.1) is 0 Å². The highest BCUT2D eigenvalue weighted by Crippen LogP contribution is 2.23. The van der Waals surface area contributed by atoms with Gasteiger partial charge in [0.2, 0.25) is 5.91 Å². The van der Waals surface area contributed by atoms with Crippen molar-refractivity contribution in [2.75, 3.05) is 19.0 Å². The third-order valence-corrected chi connectivity index (χ3v) is 1.99. The number of nitrogens with one attached hydrogen (secondary N) is 1. The van der Waals surface area contributed by atoms with Crippen LogP contribution in [0.2, 0.25) is 0 Å². The van der Waals surface area contributed by atoms with Crippen molar-refractivity contribution in [2.45, 2.75) is 13.3 Å². The predicted octanol–water partition coefficient (Wildman–Crippen LogP) is 1.59. The summed E-state index contributed by atoms with van der Waals surface area (Å²) < 4.78 is 9.89. The van der Waals surface area contributed by atoms with E-state index in [4.69, 9.17) is 4.74 Å². The van der Waals surface area contributed by atoms with E-state index in [1.165, 1.54) is 14.0 Å². The van der Waals surface area contributed by atoms with Crippen molar-refractivity contribution in [3.8, 4) is 5.75 Å². The van der Waals surface area contributed by atoms with E-state index in [2.05, 4.69) is 10.1 Å². The molecule has 17 heavy (non-hydrogen) atoms. The van der Waals surface area contributed by atoms with Crippen LogP contribution in [0.3, 0.4) is 0 Å². The average Bonchev–Trinajstić information content (AvgIpc) is 2.30. The Kier molecular flexibility index (Phi) is 5.00. The summed E-state index contributed by atoms with van der Waals surface area (Å²) in [7, 11) is 1.33. The van der Waals surface area contributed by atoms with Gasteiger partial charge in [0.15, 0.2) is 0 Å². The molecule has 1 amide bonds. The van der Waals surface area contributed by atoms with Crippen molar-refractivity contribution in [2.24, 2.45) is 0 Å². The molecular formula is C12H15NO4. The molecule has 0 aliphatic rings. The maximum atomic E-state index is 11.0. The molecule has 0 heterocycles. The lowest BCUT2D eigenvalue weighted by molar-refractivity contribution is -0.141. The maximum Gasteiger partial charge on any atom is 0.308 e. The smallest absolute Gasteiger partial charge is 0.308 e. The van der Waals surface area contributed by atoms with Gasteiger partial charge in [-0.3, -0.25) is 9.59 Å². The average molecular weight is 237 g/mol. The fraction of sp³-hybridized carbons (Fsp3) is 0.333. The first-order valence-electron chi connectivity index (χ1n) is 5.19. The second-order valence-electron chi connectivity index (χ2n) is 3.35. The van der Waals surface area contributed by atoms with Crippen LogP contribution < -0.4 is 10.1 Å². The van der Waals surface area contributed by atoms with Crippen molar-refractivity contribution >= 4 is 17.6 Å². The molecule has 0 bridgehead atoms. The molecule has 1 N–H and O–H groups in total. The van der Waals surface area contributed by atoms with E-state index < -0.39 is 0 Å². The van der Waals surface area contributed by atoms with Crippen LogP contribution in [0.15, 0.2) is 24.3 Å². The topological polar surface area (TPSA) is 64.6 Å². The summed E-state index contributed by atoms with van der Waals surface area (Å²) in [6, 6.07) is 7.04. The van der Waals surface area contributed by atoms with Gasteiger partial charge in [-0.1, -0.05) is 12.1 Å². The number of rotatable bonds is 5. The molecule has 0 atom stereocenters. The van der Waals surface area contributed by atoms with E-state index in [0.29, 0.717) is 11.4 Å². The Bertz CT molecular complexity index is 403. The lowest BCUT2D eigenvalue weighted by Crippen LogP contribution is -2.10. The lowest BCUT2D eigenvalue weighted by Gasteiger charge is -2.10. The molecule has 92 valence electrons. The summed E-state index contributed by atoms with van der Waals surface area (Å²) in [4.78, 5) is 21.8. The molecule has 1 aromatic rings. The largest absolute Gasteiger partial charge is 0.491 e. The van der Waals surface area contributed by atoms with Crippen LogP contribution in [-0.2, 0) is 14.3 Å². The molecule has 1 rings (SSSR count). The summed E-state index contributed by atoms with van der Waals surface area (Å²) in [5.74, 6) is 0.0302. The van der Waals surface area contributed by atoms with Crippen molar-refractivity contribution in [1.82, 2.24) is 0 Å². The van der Waals surface area contributed by atoms with Gasteiger partial charge in [-0.25, -0.2) is 0 Å². The zero-order chi connectivity index (χ0) is 12.7. The minimum Gasteiger partial charge on any atom is -0.491 e. The molecule has 0 saturated heterocycles. The molecule has 1 aromatic carbocycles.